The number of aromatic nitrogens is 1. The zero-order valence-corrected chi connectivity index (χ0v) is 17.6. The first-order valence-electron chi connectivity index (χ1n) is 9.84. The summed E-state index contributed by atoms with van der Waals surface area (Å²) in [4.78, 5) is 13.0. The highest BCUT2D eigenvalue weighted by Gasteiger charge is 2.39. The van der Waals surface area contributed by atoms with E-state index >= 15 is 0 Å². The monoisotopic (exact) mass is 403 g/mol. The van der Waals surface area contributed by atoms with Crippen molar-refractivity contribution in [1.29, 1.82) is 0 Å². The lowest BCUT2D eigenvalue weighted by molar-refractivity contribution is 0.0919. The molecule has 3 rings (SSSR count). The molecule has 1 aromatic heterocycles. The number of benzene rings is 1. The van der Waals surface area contributed by atoms with Crippen LogP contribution in [-0.4, -0.2) is 42.8 Å². The Labute approximate surface area is 167 Å². The van der Waals surface area contributed by atoms with Crippen LogP contribution >= 0.6 is 0 Å². The van der Waals surface area contributed by atoms with Crippen LogP contribution in [0.2, 0.25) is 0 Å². The predicted molar refractivity (Wildman–Crippen MR) is 110 cm³/mol. The van der Waals surface area contributed by atoms with Gasteiger partial charge >= 0.3 is 0 Å². The van der Waals surface area contributed by atoms with E-state index in [-0.39, 0.29) is 16.2 Å². The molecule has 0 bridgehead atoms. The second-order valence-corrected chi connectivity index (χ2v) is 9.38. The van der Waals surface area contributed by atoms with Gasteiger partial charge in [0.2, 0.25) is 10.0 Å². The Kier molecular flexibility index (Phi) is 5.95. The molecule has 1 N–H and O–H groups in total. The smallest absolute Gasteiger partial charge is 0.267 e. The van der Waals surface area contributed by atoms with E-state index in [0.29, 0.717) is 25.3 Å². The Hall–Kier alpha value is -2.12. The van der Waals surface area contributed by atoms with Crippen molar-refractivity contribution in [3.8, 4) is 0 Å². The Morgan fingerprint density at radius 1 is 1.18 bits per heavy atom. The fourth-order valence-electron chi connectivity index (χ4n) is 3.92. The van der Waals surface area contributed by atoms with Crippen LogP contribution in [-0.2, 0) is 22.5 Å². The van der Waals surface area contributed by atoms with Gasteiger partial charge in [0.1, 0.15) is 10.6 Å². The summed E-state index contributed by atoms with van der Waals surface area (Å²) in [6, 6.07) is 11.7. The Balaban J connectivity index is 1.76. The van der Waals surface area contributed by atoms with Gasteiger partial charge in [-0.2, -0.15) is 4.31 Å². The van der Waals surface area contributed by atoms with Crippen molar-refractivity contribution in [2.24, 2.45) is 7.05 Å². The molecule has 0 aliphatic heterocycles. The number of sulfonamides is 1. The average Bonchev–Trinajstić information content (AvgIpc) is 3.05. The number of amides is 1. The summed E-state index contributed by atoms with van der Waals surface area (Å²) in [5.74, 6) is -0.245. The third-order valence-electron chi connectivity index (χ3n) is 5.84. The molecule has 1 heterocycles. The zero-order chi connectivity index (χ0) is 20.4. The van der Waals surface area contributed by atoms with Crippen molar-refractivity contribution < 1.29 is 13.2 Å². The van der Waals surface area contributed by atoms with E-state index in [1.54, 1.807) is 25.5 Å². The normalized spacial score (nSPS) is 16.0. The minimum absolute atomic E-state index is 0.0157. The van der Waals surface area contributed by atoms with Crippen LogP contribution in [0.3, 0.4) is 0 Å². The number of nitrogens with one attached hydrogen (secondary N) is 1. The third-order valence-corrected chi connectivity index (χ3v) is 7.86. The van der Waals surface area contributed by atoms with Gasteiger partial charge in [-0.05, 0) is 24.5 Å². The molecular weight excluding hydrogens is 374 g/mol. The fourth-order valence-corrected chi connectivity index (χ4v) is 5.45. The molecule has 152 valence electrons. The number of carbonyl (C=O) groups excluding carboxylic acids is 1. The maximum absolute atomic E-state index is 12.8. The van der Waals surface area contributed by atoms with Crippen LogP contribution in [0.5, 0.6) is 0 Å². The molecule has 7 heteroatoms. The molecule has 28 heavy (non-hydrogen) atoms. The quantitative estimate of drug-likeness (QED) is 0.737. The molecule has 0 radical (unpaired) electrons. The first-order valence-corrected chi connectivity index (χ1v) is 11.3. The summed E-state index contributed by atoms with van der Waals surface area (Å²) in [5.41, 5.74) is 1.59. The molecule has 0 atom stereocenters. The number of nitrogens with zero attached hydrogens (tertiary/aromatic N) is 2. The highest BCUT2D eigenvalue weighted by Crippen LogP contribution is 2.43. The second kappa shape index (κ2) is 8.09. The molecule has 0 spiro atoms. The Bertz CT molecular complexity index is 927. The molecular formula is C21H29N3O3S. The van der Waals surface area contributed by atoms with E-state index < -0.39 is 10.0 Å². The molecule has 1 saturated carbocycles. The summed E-state index contributed by atoms with van der Waals surface area (Å²) in [6.07, 6.45) is 4.76. The van der Waals surface area contributed by atoms with E-state index in [1.807, 2.05) is 18.2 Å². The first-order chi connectivity index (χ1) is 13.3. The number of hydrogen-bond acceptors (Lipinski definition) is 3. The second-order valence-electron chi connectivity index (χ2n) is 7.44. The van der Waals surface area contributed by atoms with Crippen LogP contribution in [0.1, 0.15) is 49.2 Å². The van der Waals surface area contributed by atoms with Crippen LogP contribution in [0.25, 0.3) is 0 Å². The molecule has 1 amide bonds. The lowest BCUT2D eigenvalue weighted by atomic mass is 9.64. The van der Waals surface area contributed by atoms with Gasteiger partial charge in [-0.25, -0.2) is 8.42 Å². The largest absolute Gasteiger partial charge is 0.350 e. The SMILES string of the molecule is CCN(CC)S(=O)(=O)c1cc(C(=O)NCC2(c3ccccc3)CCC2)n(C)c1. The van der Waals surface area contributed by atoms with E-state index in [0.717, 1.165) is 19.3 Å². The lowest BCUT2D eigenvalue weighted by Gasteiger charge is -2.42. The van der Waals surface area contributed by atoms with Crippen molar-refractivity contribution in [3.05, 3.63) is 53.9 Å². The standard InChI is InChI=1S/C21H29N3O3S/c1-4-24(5-2)28(26,27)18-14-19(23(3)15-18)20(25)22-16-21(12-9-13-21)17-10-7-6-8-11-17/h6-8,10-11,14-15H,4-5,9,12-13,16H2,1-3H3,(H,22,25). The van der Waals surface area contributed by atoms with Crippen molar-refractivity contribution in [1.82, 2.24) is 14.2 Å². The van der Waals surface area contributed by atoms with Crippen molar-refractivity contribution >= 4 is 15.9 Å². The van der Waals surface area contributed by atoms with E-state index in [1.165, 1.54) is 22.1 Å². The van der Waals surface area contributed by atoms with Gasteiger partial charge < -0.3 is 9.88 Å². The minimum atomic E-state index is -3.58. The lowest BCUT2D eigenvalue weighted by Crippen LogP contribution is -2.45. The Morgan fingerprint density at radius 2 is 1.82 bits per heavy atom. The average molecular weight is 404 g/mol. The van der Waals surface area contributed by atoms with Gasteiger partial charge in [0.05, 0.1) is 0 Å². The van der Waals surface area contributed by atoms with Crippen molar-refractivity contribution in [2.45, 2.75) is 43.4 Å². The predicted octanol–water partition coefficient (Wildman–Crippen LogP) is 2.91. The highest BCUT2D eigenvalue weighted by molar-refractivity contribution is 7.89. The maximum atomic E-state index is 12.8. The molecule has 0 saturated heterocycles. The number of carbonyl (C=O) groups is 1. The maximum Gasteiger partial charge on any atom is 0.267 e. The molecule has 1 aliphatic carbocycles. The molecule has 1 aromatic carbocycles. The van der Waals surface area contributed by atoms with Crippen LogP contribution in [0.4, 0.5) is 0 Å². The molecule has 1 aliphatic rings. The van der Waals surface area contributed by atoms with E-state index in [9.17, 15) is 13.2 Å². The Morgan fingerprint density at radius 3 is 2.36 bits per heavy atom. The molecule has 1 fully saturated rings. The van der Waals surface area contributed by atoms with Gasteiger partial charge in [-0.15, -0.1) is 0 Å². The fraction of sp³-hybridized carbons (Fsp3) is 0.476. The van der Waals surface area contributed by atoms with Gasteiger partial charge in [-0.3, -0.25) is 4.79 Å². The molecule has 6 nitrogen and oxygen atoms in total. The molecule has 2 aromatic rings. The summed E-state index contributed by atoms with van der Waals surface area (Å²) in [6.45, 7) is 4.96. The number of rotatable bonds is 8. The van der Waals surface area contributed by atoms with E-state index in [2.05, 4.69) is 17.4 Å². The van der Waals surface area contributed by atoms with Gasteiger partial charge in [-0.1, -0.05) is 50.6 Å². The van der Waals surface area contributed by atoms with Crippen LogP contribution in [0, 0.1) is 0 Å². The van der Waals surface area contributed by atoms with E-state index in [4.69, 9.17) is 0 Å². The number of aryl methyl sites for hydroxylation is 1. The number of hydrogen-bond donors (Lipinski definition) is 1. The third kappa shape index (κ3) is 3.73. The van der Waals surface area contributed by atoms with Gasteiger partial charge in [0.25, 0.3) is 5.91 Å². The van der Waals surface area contributed by atoms with Crippen molar-refractivity contribution in [3.63, 3.8) is 0 Å². The summed E-state index contributed by atoms with van der Waals surface area (Å²) < 4.78 is 28.4. The van der Waals surface area contributed by atoms with Gasteiger partial charge in [0, 0.05) is 38.3 Å². The summed E-state index contributed by atoms with van der Waals surface area (Å²) in [7, 11) is -1.88. The summed E-state index contributed by atoms with van der Waals surface area (Å²) >= 11 is 0. The van der Waals surface area contributed by atoms with Gasteiger partial charge in [0.15, 0.2) is 0 Å². The topological polar surface area (TPSA) is 71.4 Å². The minimum Gasteiger partial charge on any atom is -0.350 e. The van der Waals surface area contributed by atoms with Crippen LogP contribution < -0.4 is 5.32 Å². The molecule has 0 unspecified atom stereocenters. The highest BCUT2D eigenvalue weighted by atomic mass is 32.2. The van der Waals surface area contributed by atoms with Crippen molar-refractivity contribution in [2.75, 3.05) is 19.6 Å². The first kappa shape index (κ1) is 20.6. The van der Waals surface area contributed by atoms with Crippen LogP contribution in [0.15, 0.2) is 47.5 Å². The summed E-state index contributed by atoms with van der Waals surface area (Å²) in [5, 5.41) is 3.03. The zero-order valence-electron chi connectivity index (χ0n) is 16.8.